The summed E-state index contributed by atoms with van der Waals surface area (Å²) in [5.74, 6) is 0. The van der Waals surface area contributed by atoms with E-state index in [2.05, 4.69) is 65.7 Å². The maximum atomic E-state index is 4.55. The first-order valence-corrected chi connectivity index (χ1v) is 9.22. The maximum Gasteiger partial charge on any atom is 0.116 e. The molecular weight excluding hydrogens is 362 g/mol. The molecule has 0 bridgehead atoms. The maximum absolute atomic E-state index is 4.55. The van der Waals surface area contributed by atoms with Crippen LogP contribution in [0.3, 0.4) is 0 Å². The van der Waals surface area contributed by atoms with E-state index >= 15 is 0 Å². The van der Waals surface area contributed by atoms with Crippen LogP contribution in [-0.2, 0) is 0 Å². The number of nitrogens with one attached hydrogen (secondary N) is 3. The van der Waals surface area contributed by atoms with Gasteiger partial charge in [0.15, 0.2) is 0 Å². The van der Waals surface area contributed by atoms with Gasteiger partial charge >= 0.3 is 0 Å². The van der Waals surface area contributed by atoms with Gasteiger partial charge in [0.25, 0.3) is 0 Å². The average molecular weight is 377 g/mol. The number of pyridine rings is 2. The fourth-order valence-corrected chi connectivity index (χ4v) is 3.73. The molecule has 5 aromatic heterocycles. The standard InChI is InChI=1S/C22H15N7/c1-4-15(13-3-2-6-23-9-13)16-7-20(27-18(16)5-1)22-17-8-19(14-10-25-26-11-14)24-12-21(17)28-29-22/h1-12,27H,(H,25,26)(H,28,29). The summed E-state index contributed by atoms with van der Waals surface area (Å²) in [5.41, 5.74) is 7.77. The van der Waals surface area contributed by atoms with Crippen LogP contribution in [0.5, 0.6) is 0 Å². The molecule has 5 heterocycles. The van der Waals surface area contributed by atoms with E-state index in [-0.39, 0.29) is 0 Å². The Balaban J connectivity index is 1.54. The lowest BCUT2D eigenvalue weighted by Crippen LogP contribution is -1.82. The van der Waals surface area contributed by atoms with Gasteiger partial charge in [0.05, 0.1) is 29.3 Å². The highest BCUT2D eigenvalue weighted by Gasteiger charge is 2.15. The molecule has 0 aliphatic carbocycles. The molecule has 138 valence electrons. The van der Waals surface area contributed by atoms with Crippen LogP contribution >= 0.6 is 0 Å². The number of H-pyrrole nitrogens is 3. The van der Waals surface area contributed by atoms with Gasteiger partial charge in [-0.2, -0.15) is 10.2 Å². The number of fused-ring (bicyclic) bond motifs is 2. The minimum absolute atomic E-state index is 0.848. The van der Waals surface area contributed by atoms with E-state index in [1.54, 1.807) is 18.6 Å². The largest absolute Gasteiger partial charge is 0.353 e. The predicted octanol–water partition coefficient (Wildman–Crippen LogP) is 4.56. The number of hydrogen-bond donors (Lipinski definition) is 3. The molecule has 0 saturated carbocycles. The van der Waals surface area contributed by atoms with E-state index in [9.17, 15) is 0 Å². The van der Waals surface area contributed by atoms with Crippen LogP contribution in [0.4, 0.5) is 0 Å². The van der Waals surface area contributed by atoms with Gasteiger partial charge in [0.2, 0.25) is 0 Å². The quantitative estimate of drug-likeness (QED) is 0.421. The summed E-state index contributed by atoms with van der Waals surface area (Å²) in [6.07, 6.45) is 9.06. The molecule has 0 aliphatic rings. The van der Waals surface area contributed by atoms with Gasteiger partial charge in [0, 0.05) is 46.0 Å². The number of aromatic amines is 3. The Morgan fingerprint density at radius 3 is 2.69 bits per heavy atom. The van der Waals surface area contributed by atoms with Gasteiger partial charge in [-0.05, 0) is 29.8 Å². The van der Waals surface area contributed by atoms with Crippen molar-refractivity contribution in [3.05, 3.63) is 73.4 Å². The number of benzene rings is 1. The highest BCUT2D eigenvalue weighted by molar-refractivity contribution is 6.01. The lowest BCUT2D eigenvalue weighted by molar-refractivity contribution is 1.09. The van der Waals surface area contributed by atoms with E-state index < -0.39 is 0 Å². The van der Waals surface area contributed by atoms with E-state index in [0.717, 1.165) is 55.6 Å². The molecule has 0 saturated heterocycles. The summed E-state index contributed by atoms with van der Waals surface area (Å²) in [6, 6.07) is 14.4. The molecule has 0 unspecified atom stereocenters. The summed E-state index contributed by atoms with van der Waals surface area (Å²) >= 11 is 0. The van der Waals surface area contributed by atoms with Gasteiger partial charge in [-0.3, -0.25) is 20.2 Å². The Hall–Kier alpha value is -4.26. The zero-order valence-electron chi connectivity index (χ0n) is 15.2. The van der Waals surface area contributed by atoms with Crippen LogP contribution in [0.1, 0.15) is 0 Å². The molecule has 6 aromatic rings. The van der Waals surface area contributed by atoms with Gasteiger partial charge in [-0.15, -0.1) is 0 Å². The average Bonchev–Trinajstić information content (AvgIpc) is 3.52. The van der Waals surface area contributed by atoms with Crippen molar-refractivity contribution in [2.24, 2.45) is 0 Å². The molecule has 0 amide bonds. The predicted molar refractivity (Wildman–Crippen MR) is 112 cm³/mol. The molecule has 1 aromatic carbocycles. The van der Waals surface area contributed by atoms with Crippen molar-refractivity contribution in [3.8, 4) is 33.8 Å². The van der Waals surface area contributed by atoms with Crippen molar-refractivity contribution in [2.75, 3.05) is 0 Å². The molecule has 0 spiro atoms. The second-order valence-corrected chi connectivity index (χ2v) is 6.87. The molecule has 6 rings (SSSR count). The van der Waals surface area contributed by atoms with Crippen molar-refractivity contribution < 1.29 is 0 Å². The normalized spacial score (nSPS) is 11.4. The van der Waals surface area contributed by atoms with E-state index in [4.69, 9.17) is 0 Å². The number of rotatable bonds is 3. The lowest BCUT2D eigenvalue weighted by Gasteiger charge is -2.02. The zero-order chi connectivity index (χ0) is 19.2. The van der Waals surface area contributed by atoms with Crippen molar-refractivity contribution in [1.82, 2.24) is 35.3 Å². The molecule has 0 radical (unpaired) electrons. The molecule has 0 atom stereocenters. The Morgan fingerprint density at radius 2 is 1.83 bits per heavy atom. The smallest absolute Gasteiger partial charge is 0.116 e. The molecule has 0 fully saturated rings. The highest BCUT2D eigenvalue weighted by Crippen LogP contribution is 2.34. The Bertz CT molecular complexity index is 1440. The van der Waals surface area contributed by atoms with Crippen LogP contribution in [-0.4, -0.2) is 35.3 Å². The third-order valence-electron chi connectivity index (χ3n) is 5.13. The third kappa shape index (κ3) is 2.52. The van der Waals surface area contributed by atoms with Crippen LogP contribution in [0, 0.1) is 0 Å². The summed E-state index contributed by atoms with van der Waals surface area (Å²) in [6.45, 7) is 0. The third-order valence-corrected chi connectivity index (χ3v) is 5.13. The molecule has 29 heavy (non-hydrogen) atoms. The second-order valence-electron chi connectivity index (χ2n) is 6.87. The molecule has 3 N–H and O–H groups in total. The first-order valence-electron chi connectivity index (χ1n) is 9.22. The van der Waals surface area contributed by atoms with Gasteiger partial charge in [0.1, 0.15) is 5.69 Å². The molecule has 0 aliphatic heterocycles. The monoisotopic (exact) mass is 377 g/mol. The molecular formula is C22H15N7. The summed E-state index contributed by atoms with van der Waals surface area (Å²) in [4.78, 5) is 12.3. The topological polar surface area (TPSA) is 98.9 Å². The molecule has 7 heteroatoms. The summed E-state index contributed by atoms with van der Waals surface area (Å²) in [5, 5.41) is 16.6. The Kier molecular flexibility index (Phi) is 3.33. The van der Waals surface area contributed by atoms with Crippen molar-refractivity contribution in [3.63, 3.8) is 0 Å². The van der Waals surface area contributed by atoms with E-state index in [0.29, 0.717) is 0 Å². The molecule has 7 nitrogen and oxygen atoms in total. The van der Waals surface area contributed by atoms with Crippen molar-refractivity contribution in [2.45, 2.75) is 0 Å². The Morgan fingerprint density at radius 1 is 0.828 bits per heavy atom. The van der Waals surface area contributed by atoms with Crippen molar-refractivity contribution in [1.29, 1.82) is 0 Å². The SMILES string of the molecule is c1cncc(-c2cccc3[nH]c(-c4n[nH]c5cnc(-c6cn[nH]c6)cc45)cc23)c1. The number of nitrogens with zero attached hydrogens (tertiary/aromatic N) is 4. The van der Waals surface area contributed by atoms with Gasteiger partial charge < -0.3 is 4.98 Å². The lowest BCUT2D eigenvalue weighted by atomic mass is 10.0. The van der Waals surface area contributed by atoms with Crippen LogP contribution in [0.2, 0.25) is 0 Å². The fourth-order valence-electron chi connectivity index (χ4n) is 3.73. The van der Waals surface area contributed by atoms with Crippen molar-refractivity contribution >= 4 is 21.8 Å². The van der Waals surface area contributed by atoms with Crippen LogP contribution < -0.4 is 0 Å². The van der Waals surface area contributed by atoms with E-state index in [1.165, 1.54) is 0 Å². The minimum atomic E-state index is 0.848. The van der Waals surface area contributed by atoms with E-state index in [1.807, 2.05) is 24.5 Å². The Labute approximate surface area is 164 Å². The van der Waals surface area contributed by atoms with Crippen LogP contribution in [0.25, 0.3) is 55.6 Å². The second kappa shape index (κ2) is 6.13. The number of aromatic nitrogens is 7. The first kappa shape index (κ1) is 15.8. The first-order chi connectivity index (χ1) is 14.4. The highest BCUT2D eigenvalue weighted by atomic mass is 15.1. The van der Waals surface area contributed by atoms with Crippen LogP contribution in [0.15, 0.2) is 73.4 Å². The summed E-state index contributed by atoms with van der Waals surface area (Å²) in [7, 11) is 0. The van der Waals surface area contributed by atoms with Gasteiger partial charge in [-0.25, -0.2) is 0 Å². The zero-order valence-corrected chi connectivity index (χ0v) is 15.2. The fraction of sp³-hybridized carbons (Fsp3) is 0. The number of hydrogen-bond acceptors (Lipinski definition) is 4. The van der Waals surface area contributed by atoms with Gasteiger partial charge in [-0.1, -0.05) is 18.2 Å². The summed E-state index contributed by atoms with van der Waals surface area (Å²) < 4.78 is 0. The minimum Gasteiger partial charge on any atom is -0.353 e.